The van der Waals surface area contributed by atoms with Crippen molar-refractivity contribution in [3.8, 4) is 5.75 Å². The highest BCUT2D eigenvalue weighted by Gasteiger charge is 2.36. The van der Waals surface area contributed by atoms with E-state index in [-0.39, 0.29) is 12.4 Å². The highest BCUT2D eigenvalue weighted by Crippen LogP contribution is 2.45. The molecule has 25 heavy (non-hydrogen) atoms. The van der Waals surface area contributed by atoms with Crippen molar-refractivity contribution in [3.63, 3.8) is 0 Å². The maximum atomic E-state index is 5.52. The number of methoxy groups -OCH3 is 1. The molecule has 0 unspecified atom stereocenters. The Labute approximate surface area is 160 Å². The van der Waals surface area contributed by atoms with Gasteiger partial charge in [0.25, 0.3) is 0 Å². The van der Waals surface area contributed by atoms with Gasteiger partial charge in [-0.3, -0.25) is 4.98 Å². The van der Waals surface area contributed by atoms with Crippen molar-refractivity contribution in [1.29, 1.82) is 0 Å². The standard InChI is InChI=1S/C21H36N2O.ClH/c1-15-19(24-7)18(12-13-22-15)23-17-10-8-16(9-11-17)21(5,6)14-20(2,3)4;/h12-13,16-17H,8-11,14H2,1-7H3,(H,22,23);1H/t16-,17+;. The van der Waals surface area contributed by atoms with Gasteiger partial charge in [0.2, 0.25) is 0 Å². The number of hydrogen-bond donors (Lipinski definition) is 1. The molecule has 1 aliphatic carbocycles. The van der Waals surface area contributed by atoms with E-state index in [0.29, 0.717) is 16.9 Å². The van der Waals surface area contributed by atoms with Gasteiger partial charge < -0.3 is 10.1 Å². The number of ether oxygens (including phenoxy) is 1. The highest BCUT2D eigenvalue weighted by molar-refractivity contribution is 5.85. The van der Waals surface area contributed by atoms with Gasteiger partial charge in [0.05, 0.1) is 18.5 Å². The van der Waals surface area contributed by atoms with Crippen molar-refractivity contribution in [1.82, 2.24) is 4.98 Å². The summed E-state index contributed by atoms with van der Waals surface area (Å²) >= 11 is 0. The summed E-state index contributed by atoms with van der Waals surface area (Å²) < 4.78 is 5.52. The van der Waals surface area contributed by atoms with E-state index in [1.807, 2.05) is 19.2 Å². The van der Waals surface area contributed by atoms with Crippen molar-refractivity contribution in [2.24, 2.45) is 16.7 Å². The molecule has 1 N–H and O–H groups in total. The van der Waals surface area contributed by atoms with Crippen LogP contribution in [0, 0.1) is 23.7 Å². The average Bonchev–Trinajstić information content (AvgIpc) is 2.45. The molecular formula is C21H37ClN2O. The summed E-state index contributed by atoms with van der Waals surface area (Å²) in [5.74, 6) is 1.71. The number of hydrogen-bond acceptors (Lipinski definition) is 3. The van der Waals surface area contributed by atoms with E-state index in [9.17, 15) is 0 Å². The van der Waals surface area contributed by atoms with Gasteiger partial charge in [0, 0.05) is 12.2 Å². The van der Waals surface area contributed by atoms with Crippen LogP contribution in [-0.4, -0.2) is 18.1 Å². The fourth-order valence-electron chi connectivity index (χ4n) is 4.67. The lowest BCUT2D eigenvalue weighted by Crippen LogP contribution is -2.35. The Morgan fingerprint density at radius 2 is 1.72 bits per heavy atom. The zero-order valence-electron chi connectivity index (χ0n) is 17.1. The minimum atomic E-state index is 0. The molecule has 1 aliphatic rings. The predicted octanol–water partition coefficient (Wildman–Crippen LogP) is 6.25. The average molecular weight is 369 g/mol. The number of halogens is 1. The van der Waals surface area contributed by atoms with Crippen LogP contribution in [0.1, 0.15) is 72.4 Å². The molecule has 144 valence electrons. The lowest BCUT2D eigenvalue weighted by Gasteiger charge is -2.43. The Kier molecular flexibility index (Phi) is 7.61. The van der Waals surface area contributed by atoms with E-state index in [1.165, 1.54) is 32.1 Å². The molecule has 1 saturated carbocycles. The topological polar surface area (TPSA) is 34.1 Å². The van der Waals surface area contributed by atoms with Crippen LogP contribution in [0.25, 0.3) is 0 Å². The Morgan fingerprint density at radius 3 is 2.24 bits per heavy atom. The maximum absolute atomic E-state index is 5.52. The van der Waals surface area contributed by atoms with Gasteiger partial charge in [-0.2, -0.15) is 0 Å². The van der Waals surface area contributed by atoms with Crippen LogP contribution in [0.4, 0.5) is 5.69 Å². The lowest BCUT2D eigenvalue weighted by molar-refractivity contribution is 0.0968. The molecule has 0 bridgehead atoms. The van der Waals surface area contributed by atoms with Gasteiger partial charge in [-0.15, -0.1) is 12.4 Å². The molecule has 0 atom stereocenters. The van der Waals surface area contributed by atoms with E-state index < -0.39 is 0 Å². The summed E-state index contributed by atoms with van der Waals surface area (Å²) in [5.41, 5.74) is 2.86. The predicted molar refractivity (Wildman–Crippen MR) is 110 cm³/mol. The van der Waals surface area contributed by atoms with Crippen molar-refractivity contribution < 1.29 is 4.74 Å². The molecule has 0 spiro atoms. The Hall–Kier alpha value is -0.960. The van der Waals surface area contributed by atoms with E-state index >= 15 is 0 Å². The van der Waals surface area contributed by atoms with Gasteiger partial charge in [-0.25, -0.2) is 0 Å². The summed E-state index contributed by atoms with van der Waals surface area (Å²) in [6, 6.07) is 2.57. The third kappa shape index (κ3) is 6.06. The number of anilines is 1. The van der Waals surface area contributed by atoms with Gasteiger partial charge in [-0.1, -0.05) is 34.6 Å². The van der Waals surface area contributed by atoms with Crippen LogP contribution in [0.2, 0.25) is 0 Å². The highest BCUT2D eigenvalue weighted by atomic mass is 35.5. The first-order valence-electron chi connectivity index (χ1n) is 9.38. The van der Waals surface area contributed by atoms with E-state index in [2.05, 4.69) is 44.9 Å². The smallest absolute Gasteiger partial charge is 0.163 e. The van der Waals surface area contributed by atoms with Crippen LogP contribution in [0.15, 0.2) is 12.3 Å². The van der Waals surface area contributed by atoms with Crippen molar-refractivity contribution >= 4 is 18.1 Å². The molecule has 0 aromatic carbocycles. The second-order valence-corrected chi connectivity index (χ2v) is 9.40. The van der Waals surface area contributed by atoms with Gasteiger partial charge in [-0.05, 0) is 61.8 Å². The minimum Gasteiger partial charge on any atom is -0.493 e. The second kappa shape index (κ2) is 8.62. The molecule has 1 aromatic heterocycles. The van der Waals surface area contributed by atoms with Crippen molar-refractivity contribution in [2.75, 3.05) is 12.4 Å². The van der Waals surface area contributed by atoms with Crippen molar-refractivity contribution in [3.05, 3.63) is 18.0 Å². The fourth-order valence-corrected chi connectivity index (χ4v) is 4.67. The monoisotopic (exact) mass is 368 g/mol. The van der Waals surface area contributed by atoms with E-state index in [4.69, 9.17) is 4.74 Å². The van der Waals surface area contributed by atoms with Gasteiger partial charge >= 0.3 is 0 Å². The third-order valence-corrected chi connectivity index (χ3v) is 5.46. The molecule has 1 heterocycles. The number of nitrogens with zero attached hydrogens (tertiary/aromatic N) is 1. The zero-order valence-corrected chi connectivity index (χ0v) is 17.9. The lowest BCUT2D eigenvalue weighted by atomic mass is 9.64. The number of rotatable bonds is 5. The maximum Gasteiger partial charge on any atom is 0.163 e. The Balaban J connectivity index is 0.00000312. The van der Waals surface area contributed by atoms with Crippen LogP contribution in [-0.2, 0) is 0 Å². The molecule has 0 radical (unpaired) electrons. The summed E-state index contributed by atoms with van der Waals surface area (Å²) in [7, 11) is 1.72. The van der Waals surface area contributed by atoms with Crippen molar-refractivity contribution in [2.45, 2.75) is 79.7 Å². The summed E-state index contributed by atoms with van der Waals surface area (Å²) in [6.45, 7) is 14.0. The number of nitrogens with one attached hydrogen (secondary N) is 1. The summed E-state index contributed by atoms with van der Waals surface area (Å²) in [5, 5.41) is 3.70. The first kappa shape index (κ1) is 22.1. The second-order valence-electron chi connectivity index (χ2n) is 9.40. The fraction of sp³-hybridized carbons (Fsp3) is 0.762. The largest absolute Gasteiger partial charge is 0.493 e. The molecule has 1 fully saturated rings. The molecular weight excluding hydrogens is 332 g/mol. The zero-order chi connectivity index (χ0) is 18.0. The summed E-state index contributed by atoms with van der Waals surface area (Å²) in [4.78, 5) is 4.32. The van der Waals surface area contributed by atoms with E-state index in [0.717, 1.165) is 23.0 Å². The summed E-state index contributed by atoms with van der Waals surface area (Å²) in [6.07, 6.45) is 8.25. The van der Waals surface area contributed by atoms with Crippen LogP contribution in [0.5, 0.6) is 5.75 Å². The van der Waals surface area contributed by atoms with Crippen LogP contribution in [0.3, 0.4) is 0 Å². The molecule has 0 aliphatic heterocycles. The number of pyridine rings is 1. The van der Waals surface area contributed by atoms with Crippen LogP contribution >= 0.6 is 12.4 Å². The van der Waals surface area contributed by atoms with Gasteiger partial charge in [0.1, 0.15) is 0 Å². The SMILES string of the molecule is COc1c(N[C@H]2CC[C@@H](C(C)(C)CC(C)(C)C)CC2)ccnc1C.Cl. The van der Waals surface area contributed by atoms with Gasteiger partial charge in [0.15, 0.2) is 5.75 Å². The Morgan fingerprint density at radius 1 is 1.12 bits per heavy atom. The first-order chi connectivity index (χ1) is 11.1. The minimum absolute atomic E-state index is 0. The third-order valence-electron chi connectivity index (χ3n) is 5.46. The molecule has 1 aromatic rings. The molecule has 0 amide bonds. The van der Waals surface area contributed by atoms with Crippen LogP contribution < -0.4 is 10.1 Å². The quantitative estimate of drug-likeness (QED) is 0.666. The molecule has 0 saturated heterocycles. The number of aromatic nitrogens is 1. The molecule has 2 rings (SSSR count). The van der Waals surface area contributed by atoms with E-state index in [1.54, 1.807) is 7.11 Å². The Bertz CT molecular complexity index is 543. The molecule has 3 nitrogen and oxygen atoms in total. The molecule has 4 heteroatoms. The normalized spacial score (nSPS) is 21.4. The number of aryl methyl sites for hydroxylation is 1. The first-order valence-corrected chi connectivity index (χ1v) is 9.38.